The summed E-state index contributed by atoms with van der Waals surface area (Å²) in [4.78, 5) is 16.4. The zero-order chi connectivity index (χ0) is 22.8. The number of benzene rings is 1. The van der Waals surface area contributed by atoms with Gasteiger partial charge in [0.25, 0.3) is 0 Å². The largest absolute Gasteiger partial charge is 0.459 e. The molecule has 9 heteroatoms. The Morgan fingerprint density at radius 1 is 0.844 bits per heavy atom. The highest BCUT2D eigenvalue weighted by Gasteiger charge is 2.45. The number of esters is 1. The number of nitrogens with zero attached hydrogens (tertiary/aromatic N) is 2. The zero-order valence-electron chi connectivity index (χ0n) is 19.2. The lowest BCUT2D eigenvalue weighted by Gasteiger charge is -2.39. The van der Waals surface area contributed by atoms with Crippen LogP contribution < -0.4 is 0 Å². The van der Waals surface area contributed by atoms with E-state index in [0.29, 0.717) is 29.7 Å². The van der Waals surface area contributed by atoms with E-state index in [2.05, 4.69) is 9.62 Å². The molecule has 7 nitrogen and oxygen atoms in total. The molecule has 0 saturated carbocycles. The Morgan fingerprint density at radius 2 is 1.28 bits per heavy atom. The Labute approximate surface area is 192 Å². The number of aliphatic hydroxyl groups is 1. The molecule has 32 heavy (non-hydrogen) atoms. The summed E-state index contributed by atoms with van der Waals surface area (Å²) in [6.07, 6.45) is 7.69. The van der Waals surface area contributed by atoms with E-state index >= 15 is 0 Å². The number of piperidine rings is 2. The van der Waals surface area contributed by atoms with Gasteiger partial charge in [-0.1, -0.05) is 18.2 Å². The molecule has 174 valence electrons. The van der Waals surface area contributed by atoms with Gasteiger partial charge in [-0.3, -0.25) is 0 Å². The molecule has 6 atom stereocenters. The van der Waals surface area contributed by atoms with Gasteiger partial charge in [0, 0.05) is 24.2 Å². The first-order valence-electron chi connectivity index (χ1n) is 12.2. The third-order valence-electron chi connectivity index (χ3n) is 7.66. The minimum absolute atomic E-state index is 0.0183. The maximum absolute atomic E-state index is 12.1. The number of hydrogen-bond acceptors (Lipinski definition) is 7. The summed E-state index contributed by atoms with van der Waals surface area (Å²) in [5, 5.41) is 28.8. The van der Waals surface area contributed by atoms with Gasteiger partial charge in [0.15, 0.2) is 0 Å². The Balaban J connectivity index is 0.000000174. The summed E-state index contributed by atoms with van der Waals surface area (Å²) < 4.78 is 5.64. The molecule has 4 aliphatic heterocycles. The van der Waals surface area contributed by atoms with Crippen molar-refractivity contribution in [2.75, 3.05) is 0 Å². The smallest absolute Gasteiger partial charge is 0.376 e. The first-order valence-corrected chi connectivity index (χ1v) is 12.2. The van der Waals surface area contributed by atoms with Crippen molar-refractivity contribution in [3.05, 3.63) is 35.9 Å². The van der Waals surface area contributed by atoms with Crippen molar-refractivity contribution in [3.63, 3.8) is 0 Å². The molecular formula is C23H36B2N2O5. The summed E-state index contributed by atoms with van der Waals surface area (Å²) in [5.74, 6) is -0.236. The number of hydrogen-bond donors (Lipinski definition) is 3. The average Bonchev–Trinajstić information content (AvgIpc) is 3.20. The number of carbonyl (C=O) groups is 1. The Morgan fingerprint density at radius 3 is 1.72 bits per heavy atom. The SMILES string of the molecule is CB(O)N1C2CC[C@H]1CC(O)C2.CB(O)N1C2CC[C@H]1CC(OC(=O)c1ccccc1)C2. The van der Waals surface area contributed by atoms with E-state index in [1.54, 1.807) is 12.1 Å². The van der Waals surface area contributed by atoms with Crippen LogP contribution in [0.1, 0.15) is 61.7 Å². The Bertz CT molecular complexity index is 740. The topological polar surface area (TPSA) is 93.5 Å². The van der Waals surface area contributed by atoms with Gasteiger partial charge in [0.2, 0.25) is 0 Å². The van der Waals surface area contributed by atoms with Crippen molar-refractivity contribution in [2.45, 2.75) is 101 Å². The van der Waals surface area contributed by atoms with Gasteiger partial charge in [-0.05, 0) is 77.1 Å². The van der Waals surface area contributed by atoms with Crippen molar-refractivity contribution in [3.8, 4) is 0 Å². The summed E-state index contributed by atoms with van der Waals surface area (Å²) in [7, 11) is -0.742. The van der Waals surface area contributed by atoms with Crippen LogP contribution >= 0.6 is 0 Å². The number of rotatable bonds is 4. The maximum atomic E-state index is 12.1. The Kier molecular flexibility index (Phi) is 7.62. The van der Waals surface area contributed by atoms with Gasteiger partial charge in [0.05, 0.1) is 11.7 Å². The van der Waals surface area contributed by atoms with Crippen LogP contribution in [0.25, 0.3) is 0 Å². The van der Waals surface area contributed by atoms with E-state index in [-0.39, 0.29) is 25.2 Å². The quantitative estimate of drug-likeness (QED) is 0.486. The molecule has 4 saturated heterocycles. The molecule has 1 aromatic rings. The molecule has 0 spiro atoms. The third kappa shape index (κ3) is 5.23. The van der Waals surface area contributed by atoms with Crippen LogP contribution in [0.15, 0.2) is 30.3 Å². The van der Waals surface area contributed by atoms with Crippen molar-refractivity contribution < 1.29 is 24.7 Å². The molecule has 0 aromatic heterocycles. The molecular weight excluding hydrogens is 406 g/mol. The monoisotopic (exact) mass is 442 g/mol. The van der Waals surface area contributed by atoms with Crippen molar-refractivity contribution in [1.29, 1.82) is 0 Å². The van der Waals surface area contributed by atoms with Crippen molar-refractivity contribution in [2.24, 2.45) is 0 Å². The van der Waals surface area contributed by atoms with E-state index in [0.717, 1.165) is 51.4 Å². The third-order valence-corrected chi connectivity index (χ3v) is 7.66. The Hall–Kier alpha value is -1.38. The standard InChI is InChI=1S/C15H20BNO3.C8H16BNO2/c1-16(19)17-12-7-8-13(17)10-14(9-12)20-15(18)11-5-3-2-4-6-11;1-9(12)10-6-2-3-7(10)5-8(11)4-6/h2-6,12-14,19H,7-10H2,1H3;6-8,11-12H,2-5H2,1H3/t12-,13?,14?;6-,7?,8?/m00/s1. The van der Waals surface area contributed by atoms with Gasteiger partial charge in [-0.2, -0.15) is 0 Å². The normalized spacial score (nSPS) is 33.9. The molecule has 1 aromatic carbocycles. The molecule has 4 aliphatic rings. The van der Waals surface area contributed by atoms with Gasteiger partial charge in [-0.25, -0.2) is 4.79 Å². The van der Waals surface area contributed by atoms with Gasteiger partial charge in [-0.15, -0.1) is 0 Å². The number of ether oxygens (including phenoxy) is 1. The summed E-state index contributed by atoms with van der Waals surface area (Å²) in [6, 6.07) is 10.7. The predicted molar refractivity (Wildman–Crippen MR) is 125 cm³/mol. The lowest BCUT2D eigenvalue weighted by Crippen LogP contribution is -2.52. The molecule has 4 unspecified atom stereocenters. The fraction of sp³-hybridized carbons (Fsp3) is 0.696. The average molecular weight is 442 g/mol. The van der Waals surface area contributed by atoms with Gasteiger partial charge < -0.3 is 29.5 Å². The van der Waals surface area contributed by atoms with E-state index in [9.17, 15) is 19.9 Å². The molecule has 4 heterocycles. The molecule has 4 fully saturated rings. The zero-order valence-corrected chi connectivity index (χ0v) is 19.2. The van der Waals surface area contributed by atoms with Crippen LogP contribution in [0, 0.1) is 0 Å². The van der Waals surface area contributed by atoms with Crippen LogP contribution in [0.4, 0.5) is 0 Å². The van der Waals surface area contributed by atoms with Crippen LogP contribution in [0.5, 0.6) is 0 Å². The van der Waals surface area contributed by atoms with E-state index in [1.807, 2.05) is 31.8 Å². The molecule has 3 N–H and O–H groups in total. The van der Waals surface area contributed by atoms with Crippen LogP contribution in [0.2, 0.25) is 13.6 Å². The number of aliphatic hydroxyl groups excluding tert-OH is 1. The fourth-order valence-corrected chi connectivity index (χ4v) is 6.46. The first-order chi connectivity index (χ1) is 15.3. The highest BCUT2D eigenvalue weighted by atomic mass is 16.5. The lowest BCUT2D eigenvalue weighted by molar-refractivity contribution is 0.00606. The second-order valence-electron chi connectivity index (χ2n) is 9.92. The second kappa shape index (κ2) is 10.3. The molecule has 4 bridgehead atoms. The summed E-state index contributed by atoms with van der Waals surface area (Å²) in [5.41, 5.74) is 0.609. The minimum Gasteiger partial charge on any atom is -0.459 e. The predicted octanol–water partition coefficient (Wildman–Crippen LogP) is 2.03. The van der Waals surface area contributed by atoms with Crippen LogP contribution in [-0.4, -0.2) is 81.2 Å². The first kappa shape index (κ1) is 23.8. The summed E-state index contributed by atoms with van der Waals surface area (Å²) >= 11 is 0. The molecule has 0 radical (unpaired) electrons. The second-order valence-corrected chi connectivity index (χ2v) is 9.92. The van der Waals surface area contributed by atoms with Crippen LogP contribution in [-0.2, 0) is 4.74 Å². The summed E-state index contributed by atoms with van der Waals surface area (Å²) in [6.45, 7) is 3.64. The maximum Gasteiger partial charge on any atom is 0.376 e. The van der Waals surface area contributed by atoms with E-state index < -0.39 is 7.05 Å². The molecule has 5 rings (SSSR count). The lowest BCUT2D eigenvalue weighted by atomic mass is 9.79. The van der Waals surface area contributed by atoms with Gasteiger partial charge >= 0.3 is 20.1 Å². The molecule has 0 aliphatic carbocycles. The van der Waals surface area contributed by atoms with Crippen molar-refractivity contribution in [1.82, 2.24) is 9.62 Å². The number of fused-ring (bicyclic) bond motifs is 4. The highest BCUT2D eigenvalue weighted by Crippen LogP contribution is 2.37. The number of carbonyl (C=O) groups excluding carboxylic acids is 1. The van der Waals surface area contributed by atoms with Crippen molar-refractivity contribution >= 4 is 20.1 Å². The van der Waals surface area contributed by atoms with Crippen LogP contribution in [0.3, 0.4) is 0 Å². The van der Waals surface area contributed by atoms with E-state index in [1.165, 1.54) is 0 Å². The van der Waals surface area contributed by atoms with Gasteiger partial charge in [0.1, 0.15) is 6.10 Å². The minimum atomic E-state index is -0.404. The molecule has 0 amide bonds. The highest BCUT2D eigenvalue weighted by molar-refractivity contribution is 6.45. The fourth-order valence-electron chi connectivity index (χ4n) is 6.46. The van der Waals surface area contributed by atoms with E-state index in [4.69, 9.17) is 4.74 Å².